The Balaban J connectivity index is 1.98. The molecule has 2 amide bonds. The van der Waals surface area contributed by atoms with Crippen molar-refractivity contribution in [2.24, 2.45) is 13.0 Å². The Hall–Kier alpha value is -2.37. The summed E-state index contributed by atoms with van der Waals surface area (Å²) < 4.78 is 1.88. The summed E-state index contributed by atoms with van der Waals surface area (Å²) in [5.41, 5.74) is 4.22. The number of amides is 2. The first-order chi connectivity index (χ1) is 11.8. The Morgan fingerprint density at radius 1 is 1.20 bits per heavy atom. The standard InChI is InChI=1S/C19H29N5O/c1-12(2)18(17-9-7-8-10-20-17)22-19(25)21-13(3)11-16-14(4)23-24(6)15(16)5/h7-10,12-13,18H,11H2,1-6H3,(H2,21,22,25)/t13-,18-/m1/s1. The van der Waals surface area contributed by atoms with Crippen molar-refractivity contribution in [1.29, 1.82) is 0 Å². The number of urea groups is 1. The van der Waals surface area contributed by atoms with E-state index >= 15 is 0 Å². The Bertz CT molecular complexity index is 708. The molecule has 0 aliphatic carbocycles. The molecular weight excluding hydrogens is 314 g/mol. The maximum atomic E-state index is 12.4. The van der Waals surface area contributed by atoms with Gasteiger partial charge in [-0.25, -0.2) is 4.79 Å². The normalized spacial score (nSPS) is 13.6. The predicted molar refractivity (Wildman–Crippen MR) is 99.3 cm³/mol. The molecule has 0 saturated carbocycles. The van der Waals surface area contributed by atoms with Crippen LogP contribution in [-0.2, 0) is 13.5 Å². The maximum absolute atomic E-state index is 12.4. The van der Waals surface area contributed by atoms with Gasteiger partial charge in [0.15, 0.2) is 0 Å². The zero-order chi connectivity index (χ0) is 18.6. The van der Waals surface area contributed by atoms with E-state index in [2.05, 4.69) is 41.5 Å². The molecule has 0 aliphatic heterocycles. The molecule has 0 fully saturated rings. The van der Waals surface area contributed by atoms with Crippen LogP contribution in [0.4, 0.5) is 4.79 Å². The lowest BCUT2D eigenvalue weighted by Gasteiger charge is -2.23. The van der Waals surface area contributed by atoms with Gasteiger partial charge in [-0.1, -0.05) is 19.9 Å². The number of carbonyl (C=O) groups is 1. The Kier molecular flexibility index (Phi) is 6.17. The van der Waals surface area contributed by atoms with E-state index in [0.717, 1.165) is 23.5 Å². The monoisotopic (exact) mass is 343 g/mol. The van der Waals surface area contributed by atoms with Gasteiger partial charge < -0.3 is 10.6 Å². The number of nitrogens with one attached hydrogen (secondary N) is 2. The Morgan fingerprint density at radius 3 is 2.44 bits per heavy atom. The van der Waals surface area contributed by atoms with Crippen molar-refractivity contribution in [2.45, 2.75) is 53.1 Å². The highest BCUT2D eigenvalue weighted by atomic mass is 16.2. The van der Waals surface area contributed by atoms with Crippen molar-refractivity contribution in [1.82, 2.24) is 25.4 Å². The lowest BCUT2D eigenvalue weighted by atomic mass is 10.0. The maximum Gasteiger partial charge on any atom is 0.315 e. The second-order valence-electron chi connectivity index (χ2n) is 6.97. The minimum atomic E-state index is -0.170. The molecular formula is C19H29N5O. The third kappa shape index (κ3) is 4.81. The van der Waals surface area contributed by atoms with Crippen molar-refractivity contribution in [3.8, 4) is 0 Å². The molecule has 0 saturated heterocycles. The Morgan fingerprint density at radius 2 is 1.92 bits per heavy atom. The molecule has 6 nitrogen and oxygen atoms in total. The largest absolute Gasteiger partial charge is 0.335 e. The number of pyridine rings is 1. The van der Waals surface area contributed by atoms with Crippen LogP contribution >= 0.6 is 0 Å². The minimum Gasteiger partial charge on any atom is -0.335 e. The van der Waals surface area contributed by atoms with Crippen molar-refractivity contribution in [2.75, 3.05) is 0 Å². The molecule has 0 bridgehead atoms. The van der Waals surface area contributed by atoms with Crippen LogP contribution in [0.15, 0.2) is 24.4 Å². The van der Waals surface area contributed by atoms with Gasteiger partial charge in [-0.05, 0) is 50.8 Å². The van der Waals surface area contributed by atoms with Crippen molar-refractivity contribution in [3.63, 3.8) is 0 Å². The average molecular weight is 343 g/mol. The highest BCUT2D eigenvalue weighted by molar-refractivity contribution is 5.74. The highest BCUT2D eigenvalue weighted by Gasteiger charge is 2.21. The fourth-order valence-corrected chi connectivity index (χ4v) is 3.02. The molecule has 0 spiro atoms. The molecule has 6 heteroatoms. The molecule has 25 heavy (non-hydrogen) atoms. The smallest absolute Gasteiger partial charge is 0.315 e. The summed E-state index contributed by atoms with van der Waals surface area (Å²) in [5.74, 6) is 0.249. The lowest BCUT2D eigenvalue weighted by molar-refractivity contribution is 0.229. The van der Waals surface area contributed by atoms with Crippen LogP contribution in [0, 0.1) is 19.8 Å². The molecule has 0 aliphatic rings. The van der Waals surface area contributed by atoms with E-state index in [1.807, 2.05) is 43.8 Å². The van der Waals surface area contributed by atoms with E-state index in [0.29, 0.717) is 0 Å². The number of nitrogens with zero attached hydrogens (tertiary/aromatic N) is 3. The van der Waals surface area contributed by atoms with Gasteiger partial charge in [0.05, 0.1) is 17.4 Å². The summed E-state index contributed by atoms with van der Waals surface area (Å²) in [5, 5.41) is 10.5. The third-order valence-electron chi connectivity index (χ3n) is 4.51. The van der Waals surface area contributed by atoms with Gasteiger partial charge in [0.25, 0.3) is 0 Å². The molecule has 2 N–H and O–H groups in total. The van der Waals surface area contributed by atoms with Gasteiger partial charge in [-0.2, -0.15) is 5.10 Å². The molecule has 2 atom stereocenters. The molecule has 2 heterocycles. The quantitative estimate of drug-likeness (QED) is 0.847. The molecule has 2 aromatic heterocycles. The zero-order valence-electron chi connectivity index (χ0n) is 16.0. The number of rotatable bonds is 6. The SMILES string of the molecule is Cc1nn(C)c(C)c1C[C@@H](C)NC(=O)N[C@@H](c1ccccn1)C(C)C. The molecule has 0 radical (unpaired) electrons. The van der Waals surface area contributed by atoms with Crippen LogP contribution in [0.5, 0.6) is 0 Å². The van der Waals surface area contributed by atoms with E-state index < -0.39 is 0 Å². The second kappa shape index (κ2) is 8.14. The fraction of sp³-hybridized carbons (Fsp3) is 0.526. The molecule has 2 rings (SSSR count). The van der Waals surface area contributed by atoms with Crippen LogP contribution < -0.4 is 10.6 Å². The molecule has 136 valence electrons. The van der Waals surface area contributed by atoms with Crippen LogP contribution in [-0.4, -0.2) is 26.8 Å². The van der Waals surface area contributed by atoms with Crippen molar-refractivity contribution < 1.29 is 4.79 Å². The molecule has 2 aromatic rings. The Labute approximate surface area is 150 Å². The number of hydrogen-bond acceptors (Lipinski definition) is 3. The summed E-state index contributed by atoms with van der Waals surface area (Å²) in [7, 11) is 1.94. The first kappa shape index (κ1) is 19.0. The molecule has 0 aromatic carbocycles. The lowest BCUT2D eigenvalue weighted by Crippen LogP contribution is -2.44. The average Bonchev–Trinajstić information content (AvgIpc) is 2.79. The van der Waals surface area contributed by atoms with Crippen LogP contribution in [0.25, 0.3) is 0 Å². The number of carbonyl (C=O) groups excluding carboxylic acids is 1. The summed E-state index contributed by atoms with van der Waals surface area (Å²) in [6.07, 6.45) is 2.51. The van der Waals surface area contributed by atoms with Crippen molar-refractivity contribution >= 4 is 6.03 Å². The van der Waals surface area contributed by atoms with Crippen LogP contribution in [0.2, 0.25) is 0 Å². The second-order valence-corrected chi connectivity index (χ2v) is 6.97. The van der Waals surface area contributed by atoms with Gasteiger partial charge in [0.2, 0.25) is 0 Å². The summed E-state index contributed by atoms with van der Waals surface area (Å²) in [4.78, 5) is 16.8. The minimum absolute atomic E-state index is 0.0122. The van der Waals surface area contributed by atoms with E-state index in [9.17, 15) is 4.79 Å². The summed E-state index contributed by atoms with van der Waals surface area (Å²) >= 11 is 0. The van der Waals surface area contributed by atoms with Gasteiger partial charge in [0, 0.05) is 25.0 Å². The molecule has 0 unspecified atom stereocenters. The van der Waals surface area contributed by atoms with E-state index in [4.69, 9.17) is 0 Å². The van der Waals surface area contributed by atoms with Gasteiger partial charge >= 0.3 is 6.03 Å². The zero-order valence-corrected chi connectivity index (χ0v) is 16.0. The van der Waals surface area contributed by atoms with E-state index in [-0.39, 0.29) is 24.0 Å². The fourth-order valence-electron chi connectivity index (χ4n) is 3.02. The van der Waals surface area contributed by atoms with E-state index in [1.54, 1.807) is 6.20 Å². The first-order valence-corrected chi connectivity index (χ1v) is 8.76. The highest BCUT2D eigenvalue weighted by Crippen LogP contribution is 2.19. The van der Waals surface area contributed by atoms with Crippen molar-refractivity contribution in [3.05, 3.63) is 47.0 Å². The summed E-state index contributed by atoms with van der Waals surface area (Å²) in [6, 6.07) is 5.48. The van der Waals surface area contributed by atoms with E-state index in [1.165, 1.54) is 5.56 Å². The number of aryl methyl sites for hydroxylation is 2. The van der Waals surface area contributed by atoms with Gasteiger partial charge in [-0.3, -0.25) is 9.67 Å². The third-order valence-corrected chi connectivity index (χ3v) is 4.51. The van der Waals surface area contributed by atoms with Gasteiger partial charge in [-0.15, -0.1) is 0 Å². The topological polar surface area (TPSA) is 71.8 Å². The van der Waals surface area contributed by atoms with Gasteiger partial charge in [0.1, 0.15) is 0 Å². The number of aromatic nitrogens is 3. The number of hydrogen-bond donors (Lipinski definition) is 2. The summed E-state index contributed by atoms with van der Waals surface area (Å²) in [6.45, 7) is 10.2. The predicted octanol–water partition coefficient (Wildman–Crippen LogP) is 3.06. The van der Waals surface area contributed by atoms with Crippen LogP contribution in [0.1, 0.15) is 49.5 Å². The van der Waals surface area contributed by atoms with Crippen LogP contribution in [0.3, 0.4) is 0 Å². The first-order valence-electron chi connectivity index (χ1n) is 8.76.